The summed E-state index contributed by atoms with van der Waals surface area (Å²) in [6, 6.07) is 5.62. The number of likely N-dealkylation sites (N-methyl/N-ethyl adjacent to an activating group) is 1. The molecule has 9 aliphatic rings. The molecule has 1 heterocycles. The van der Waals surface area contributed by atoms with E-state index in [1.54, 1.807) is 6.08 Å². The number of ether oxygens (including phenoxy) is 1. The monoisotopic (exact) mass is 851 g/mol. The van der Waals surface area contributed by atoms with Gasteiger partial charge in [0.05, 0.1) is 29.8 Å². The molecule has 6 fully saturated rings. The largest absolute Gasteiger partial charge is 0.454 e. The summed E-state index contributed by atoms with van der Waals surface area (Å²) in [5, 5.41) is 82.3. The number of esters is 1. The Morgan fingerprint density at radius 1 is 1.02 bits per heavy atom. The van der Waals surface area contributed by atoms with E-state index in [4.69, 9.17) is 4.74 Å². The molecule has 0 saturated heterocycles. The number of rotatable bonds is 7. The second-order valence-corrected chi connectivity index (χ2v) is 21.8. The zero-order valence-corrected chi connectivity index (χ0v) is 36.8. The fraction of sp³-hybridized carbons (Fsp3) is 0.731. The first-order valence-electron chi connectivity index (χ1n) is 24.2. The zero-order valence-electron chi connectivity index (χ0n) is 36.8. The first-order chi connectivity index (χ1) is 29.8. The third-order valence-electron chi connectivity index (χ3n) is 19.8. The van der Waals surface area contributed by atoms with Crippen LogP contribution in [0.2, 0.25) is 0 Å². The average molecular weight is 852 g/mol. The van der Waals surface area contributed by atoms with Crippen molar-refractivity contribution in [3.8, 4) is 11.8 Å². The average Bonchev–Trinajstić information content (AvgIpc) is 3.72. The van der Waals surface area contributed by atoms with E-state index in [1.165, 1.54) is 0 Å². The van der Waals surface area contributed by atoms with Gasteiger partial charge < -0.3 is 45.5 Å². The lowest BCUT2D eigenvalue weighted by molar-refractivity contribution is -0.379. The number of aliphatic hydroxyl groups is 6. The van der Waals surface area contributed by atoms with Crippen LogP contribution < -0.4 is 5.32 Å². The summed E-state index contributed by atoms with van der Waals surface area (Å²) in [4.78, 5) is 28.1. The summed E-state index contributed by atoms with van der Waals surface area (Å²) in [6.07, 6.45) is 12.0. The number of unbranched alkanes of at least 4 members (excludes halogenated alkanes) is 2. The van der Waals surface area contributed by atoms with E-state index in [-0.39, 0.29) is 73.3 Å². The van der Waals surface area contributed by atoms with E-state index in [0.717, 1.165) is 54.2 Å². The van der Waals surface area contributed by atoms with Crippen LogP contribution in [-0.4, -0.2) is 91.1 Å². The maximum Gasteiger partial charge on any atom is 0.331 e. The molecule has 0 radical (unpaired) electrons. The Hall–Kier alpha value is -2.88. The van der Waals surface area contributed by atoms with E-state index in [1.807, 2.05) is 25.2 Å². The molecule has 62 heavy (non-hydrogen) atoms. The smallest absolute Gasteiger partial charge is 0.331 e. The van der Waals surface area contributed by atoms with Crippen molar-refractivity contribution in [2.24, 2.45) is 70.0 Å². The van der Waals surface area contributed by atoms with Gasteiger partial charge in [0.25, 0.3) is 0 Å². The van der Waals surface area contributed by atoms with Crippen LogP contribution in [0.5, 0.6) is 0 Å². The van der Waals surface area contributed by atoms with Gasteiger partial charge in [-0.15, -0.1) is 0 Å². The number of fused-ring (bicyclic) bond motifs is 8. The zero-order chi connectivity index (χ0) is 43.6. The van der Waals surface area contributed by atoms with Gasteiger partial charge in [0, 0.05) is 53.2 Å². The molecule has 10 nitrogen and oxygen atoms in total. The van der Waals surface area contributed by atoms with Crippen molar-refractivity contribution >= 4 is 12.3 Å². The molecule has 7 N–H and O–H groups in total. The minimum absolute atomic E-state index is 0.0312. The van der Waals surface area contributed by atoms with Gasteiger partial charge in [-0.1, -0.05) is 69.2 Å². The molecular formula is C52H69NO9. The van der Waals surface area contributed by atoms with Crippen LogP contribution in [0.4, 0.5) is 0 Å². The third-order valence-corrected chi connectivity index (χ3v) is 19.8. The first kappa shape index (κ1) is 43.0. The van der Waals surface area contributed by atoms with Gasteiger partial charge in [-0.3, -0.25) is 0 Å². The first-order valence-corrected chi connectivity index (χ1v) is 24.2. The molecule has 19 atom stereocenters. The van der Waals surface area contributed by atoms with Crippen molar-refractivity contribution in [2.45, 2.75) is 158 Å². The van der Waals surface area contributed by atoms with Crippen molar-refractivity contribution in [1.82, 2.24) is 5.32 Å². The number of aldehydes is 1. The topological polar surface area (TPSA) is 177 Å². The Balaban J connectivity index is 1.16. The Morgan fingerprint density at radius 2 is 1.84 bits per heavy atom. The maximum atomic E-state index is 14.6. The Morgan fingerprint density at radius 3 is 2.60 bits per heavy atom. The Kier molecular flexibility index (Phi) is 10.7. The summed E-state index contributed by atoms with van der Waals surface area (Å²) < 4.78 is 6.25. The molecule has 19 unspecified atom stereocenters. The molecule has 1 spiro atoms. The van der Waals surface area contributed by atoms with Crippen molar-refractivity contribution in [2.75, 3.05) is 7.05 Å². The van der Waals surface area contributed by atoms with Crippen molar-refractivity contribution in [1.29, 1.82) is 0 Å². The van der Waals surface area contributed by atoms with E-state index >= 15 is 0 Å². The molecule has 6 saturated carbocycles. The van der Waals surface area contributed by atoms with Crippen LogP contribution in [0.1, 0.15) is 120 Å². The number of aliphatic hydroxyl groups excluding tert-OH is 3. The van der Waals surface area contributed by atoms with Crippen molar-refractivity contribution in [3.05, 3.63) is 58.7 Å². The molecular weight excluding hydrogens is 783 g/mol. The molecule has 0 aromatic heterocycles. The highest BCUT2D eigenvalue weighted by Crippen LogP contribution is 2.78. The number of carbonyl (C=O) groups excluding carboxylic acids is 2. The maximum absolute atomic E-state index is 14.6. The minimum Gasteiger partial charge on any atom is -0.454 e. The second kappa shape index (κ2) is 15.4. The van der Waals surface area contributed by atoms with Crippen LogP contribution in [0.3, 0.4) is 0 Å². The van der Waals surface area contributed by atoms with Crippen LogP contribution in [0.25, 0.3) is 0 Å². The lowest BCUT2D eigenvalue weighted by Gasteiger charge is -2.73. The van der Waals surface area contributed by atoms with Gasteiger partial charge in [0.1, 0.15) is 23.6 Å². The molecule has 1 aliphatic heterocycles. The molecule has 10 rings (SSSR count). The SMILES string of the molecule is CCCCCC1CC2(C=O)C3CCC45CCC#Cc6cccc(CO)c6CC(NC)C6CC(CC4(O)C3(O)C(O)C3CC4C(C)CC=CC4CC(C1O)C32O)C5C1=CC(=O)OC16. The Labute approximate surface area is 367 Å². The highest BCUT2D eigenvalue weighted by molar-refractivity contribution is 5.86. The summed E-state index contributed by atoms with van der Waals surface area (Å²) in [5.74, 6) is 3.02. The number of benzene rings is 1. The third kappa shape index (κ3) is 5.54. The highest BCUT2D eigenvalue weighted by Gasteiger charge is 2.86. The van der Waals surface area contributed by atoms with Crippen LogP contribution in [0.15, 0.2) is 42.0 Å². The number of hydrogen-bond donors (Lipinski definition) is 7. The van der Waals surface area contributed by atoms with E-state index in [9.17, 15) is 40.2 Å². The molecule has 8 aliphatic carbocycles. The van der Waals surface area contributed by atoms with Crippen molar-refractivity contribution in [3.63, 3.8) is 0 Å². The number of nitrogens with one attached hydrogen (secondary N) is 1. The summed E-state index contributed by atoms with van der Waals surface area (Å²) >= 11 is 0. The summed E-state index contributed by atoms with van der Waals surface area (Å²) in [7, 11) is 1.90. The Bertz CT molecular complexity index is 2090. The van der Waals surface area contributed by atoms with Crippen molar-refractivity contribution < 1.29 is 45.0 Å². The summed E-state index contributed by atoms with van der Waals surface area (Å²) in [6.45, 7) is 4.21. The van der Waals surface area contributed by atoms with E-state index in [0.29, 0.717) is 51.4 Å². The number of hydrogen-bond acceptors (Lipinski definition) is 10. The van der Waals surface area contributed by atoms with Crippen LogP contribution >= 0.6 is 0 Å². The molecule has 4 bridgehead atoms. The molecule has 1 aromatic rings. The van der Waals surface area contributed by atoms with Gasteiger partial charge in [-0.05, 0) is 136 Å². The standard InChI is InChI=1S/C52H69NO9/c1-4-5-6-13-32-25-49(28-55)42-17-19-48-18-8-7-12-30-14-10-16-33(27-54)36(30)23-41(53-3)37-20-34(44(48)38-24-43(56)62-46(37)38)26-50(48,59)52(42,61)47(58)40-22-35-29(2)11-9-15-31(35)21-39(45(32)57)51(40,49)60/h9-10,14-16,24,28-29,31-32,34-35,37,39-42,44-47,53-54,57-61H,4-6,8,11,13,17-23,25-27H2,1-3H3. The molecule has 336 valence electrons. The molecule has 10 heteroatoms. The van der Waals surface area contributed by atoms with E-state index in [2.05, 4.69) is 43.2 Å². The molecule has 1 aromatic carbocycles. The summed E-state index contributed by atoms with van der Waals surface area (Å²) in [5.41, 5.74) is -5.13. The van der Waals surface area contributed by atoms with Gasteiger partial charge >= 0.3 is 5.97 Å². The van der Waals surface area contributed by atoms with Gasteiger partial charge in [-0.25, -0.2) is 4.79 Å². The number of allylic oxidation sites excluding steroid dienone is 2. The molecule has 0 amide bonds. The van der Waals surface area contributed by atoms with Gasteiger partial charge in [0.15, 0.2) is 0 Å². The van der Waals surface area contributed by atoms with E-state index < -0.39 is 69.7 Å². The van der Waals surface area contributed by atoms with Gasteiger partial charge in [-0.2, -0.15) is 0 Å². The highest BCUT2D eigenvalue weighted by atomic mass is 16.5. The van der Waals surface area contributed by atoms with Crippen LogP contribution in [0, 0.1) is 81.8 Å². The van der Waals surface area contributed by atoms with Crippen LogP contribution in [-0.2, 0) is 27.4 Å². The lowest BCUT2D eigenvalue weighted by Crippen LogP contribution is -2.85. The normalized spacial score (nSPS) is 49.6. The lowest BCUT2D eigenvalue weighted by atomic mass is 9.34. The fourth-order valence-corrected chi connectivity index (χ4v) is 17.3. The second-order valence-electron chi connectivity index (χ2n) is 21.8. The predicted molar refractivity (Wildman–Crippen MR) is 232 cm³/mol. The van der Waals surface area contributed by atoms with Gasteiger partial charge in [0.2, 0.25) is 0 Å². The number of carbonyl (C=O) groups is 2. The quantitative estimate of drug-likeness (QED) is 0.0656. The fourth-order valence-electron chi connectivity index (χ4n) is 17.3. The minimum atomic E-state index is -2.21. The predicted octanol–water partition coefficient (Wildman–Crippen LogP) is 4.93.